The SMILES string of the molecule is O=c1c(Cl)c(NC2CCCC2)cnn1-c1ccc(F)cc1F. The molecule has 1 fully saturated rings. The van der Waals surface area contributed by atoms with Gasteiger partial charge in [0.1, 0.15) is 16.5 Å². The molecule has 7 heteroatoms. The van der Waals surface area contributed by atoms with Crippen LogP contribution in [0.25, 0.3) is 5.69 Å². The lowest BCUT2D eigenvalue weighted by Gasteiger charge is -2.15. The molecule has 0 unspecified atom stereocenters. The van der Waals surface area contributed by atoms with Gasteiger partial charge in [-0.1, -0.05) is 24.4 Å². The predicted molar refractivity (Wildman–Crippen MR) is 80.6 cm³/mol. The van der Waals surface area contributed by atoms with E-state index in [1.807, 2.05) is 0 Å². The highest BCUT2D eigenvalue weighted by Gasteiger charge is 2.19. The van der Waals surface area contributed by atoms with E-state index in [4.69, 9.17) is 11.6 Å². The fourth-order valence-corrected chi connectivity index (χ4v) is 2.83. The number of nitrogens with zero attached hydrogens (tertiary/aromatic N) is 2. The van der Waals surface area contributed by atoms with E-state index in [1.54, 1.807) is 0 Å². The van der Waals surface area contributed by atoms with Crippen molar-refractivity contribution in [3.05, 3.63) is 51.4 Å². The van der Waals surface area contributed by atoms with Crippen molar-refractivity contribution < 1.29 is 8.78 Å². The van der Waals surface area contributed by atoms with E-state index in [2.05, 4.69) is 10.4 Å². The first-order chi connectivity index (χ1) is 10.6. The maximum atomic E-state index is 13.8. The van der Waals surface area contributed by atoms with Gasteiger partial charge >= 0.3 is 0 Å². The Kier molecular flexibility index (Phi) is 4.11. The second-order valence-electron chi connectivity index (χ2n) is 5.31. The standard InChI is InChI=1S/C15H14ClF2N3O/c16-14-12(20-10-3-1-2-4-10)8-19-21(15(14)22)13-6-5-9(17)7-11(13)18/h5-8,10,20H,1-4H2. The van der Waals surface area contributed by atoms with E-state index >= 15 is 0 Å². The van der Waals surface area contributed by atoms with Gasteiger partial charge in [-0.05, 0) is 25.0 Å². The molecular weight excluding hydrogens is 312 g/mol. The number of rotatable bonds is 3. The quantitative estimate of drug-likeness (QED) is 0.939. The summed E-state index contributed by atoms with van der Waals surface area (Å²) in [6.07, 6.45) is 5.71. The molecule has 0 atom stereocenters. The Balaban J connectivity index is 1.97. The smallest absolute Gasteiger partial charge is 0.292 e. The fourth-order valence-electron chi connectivity index (χ4n) is 2.65. The molecule has 1 heterocycles. The number of aromatic nitrogens is 2. The highest BCUT2D eigenvalue weighted by Crippen LogP contribution is 2.25. The number of benzene rings is 1. The van der Waals surface area contributed by atoms with E-state index < -0.39 is 17.2 Å². The van der Waals surface area contributed by atoms with Crippen LogP contribution in [0.5, 0.6) is 0 Å². The van der Waals surface area contributed by atoms with Crippen molar-refractivity contribution in [3.63, 3.8) is 0 Å². The Morgan fingerprint density at radius 3 is 2.68 bits per heavy atom. The summed E-state index contributed by atoms with van der Waals surface area (Å²) in [5.74, 6) is -1.60. The third kappa shape index (κ3) is 2.83. The van der Waals surface area contributed by atoms with Crippen molar-refractivity contribution in [2.75, 3.05) is 5.32 Å². The van der Waals surface area contributed by atoms with Gasteiger partial charge < -0.3 is 5.32 Å². The molecule has 3 rings (SSSR count). The van der Waals surface area contributed by atoms with Crippen molar-refractivity contribution >= 4 is 17.3 Å². The molecule has 0 bridgehead atoms. The van der Waals surface area contributed by atoms with Crippen LogP contribution in [0, 0.1) is 11.6 Å². The van der Waals surface area contributed by atoms with Crippen molar-refractivity contribution in [1.82, 2.24) is 9.78 Å². The zero-order valence-corrected chi connectivity index (χ0v) is 12.4. The first-order valence-electron chi connectivity index (χ1n) is 7.06. The van der Waals surface area contributed by atoms with Gasteiger partial charge in [-0.15, -0.1) is 0 Å². The van der Waals surface area contributed by atoms with Crippen molar-refractivity contribution in [1.29, 1.82) is 0 Å². The molecule has 4 nitrogen and oxygen atoms in total. The summed E-state index contributed by atoms with van der Waals surface area (Å²) in [7, 11) is 0. The zero-order valence-electron chi connectivity index (χ0n) is 11.7. The first kappa shape index (κ1) is 15.0. The monoisotopic (exact) mass is 325 g/mol. The molecule has 2 aromatic rings. The number of hydrogen-bond donors (Lipinski definition) is 1. The molecule has 1 aliphatic carbocycles. The second kappa shape index (κ2) is 6.04. The maximum absolute atomic E-state index is 13.8. The van der Waals surface area contributed by atoms with Crippen LogP contribution in [0.4, 0.5) is 14.5 Å². The van der Waals surface area contributed by atoms with Gasteiger partial charge in [0.25, 0.3) is 5.56 Å². The van der Waals surface area contributed by atoms with Crippen LogP contribution in [0.1, 0.15) is 25.7 Å². The molecule has 0 spiro atoms. The molecule has 1 saturated carbocycles. The summed E-state index contributed by atoms with van der Waals surface area (Å²) < 4.78 is 27.6. The molecule has 116 valence electrons. The molecule has 1 aromatic carbocycles. The Hall–Kier alpha value is -1.95. The van der Waals surface area contributed by atoms with Crippen molar-refractivity contribution in [3.8, 4) is 5.69 Å². The number of halogens is 3. The highest BCUT2D eigenvalue weighted by atomic mass is 35.5. The maximum Gasteiger partial charge on any atom is 0.292 e. The number of nitrogens with one attached hydrogen (secondary N) is 1. The number of hydrogen-bond acceptors (Lipinski definition) is 3. The molecule has 1 N–H and O–H groups in total. The van der Waals surface area contributed by atoms with Gasteiger partial charge in [0.2, 0.25) is 0 Å². The normalized spacial score (nSPS) is 15.2. The fraction of sp³-hybridized carbons (Fsp3) is 0.333. The third-order valence-electron chi connectivity index (χ3n) is 3.77. The molecule has 0 aliphatic heterocycles. The van der Waals surface area contributed by atoms with E-state index in [-0.39, 0.29) is 16.8 Å². The molecule has 1 aliphatic rings. The highest BCUT2D eigenvalue weighted by molar-refractivity contribution is 6.32. The topological polar surface area (TPSA) is 46.9 Å². The lowest BCUT2D eigenvalue weighted by atomic mass is 10.2. The van der Waals surface area contributed by atoms with E-state index in [0.717, 1.165) is 42.5 Å². The molecular formula is C15H14ClF2N3O. The van der Waals surface area contributed by atoms with Gasteiger partial charge in [0, 0.05) is 12.1 Å². The average Bonchev–Trinajstić information content (AvgIpc) is 2.98. The summed E-state index contributed by atoms with van der Waals surface area (Å²) in [6, 6.07) is 3.18. The van der Waals surface area contributed by atoms with Crippen LogP contribution in [0.15, 0.2) is 29.2 Å². The van der Waals surface area contributed by atoms with Gasteiger partial charge in [0.15, 0.2) is 5.82 Å². The zero-order chi connectivity index (χ0) is 15.7. The number of anilines is 1. The van der Waals surface area contributed by atoms with Crippen LogP contribution < -0.4 is 10.9 Å². The lowest BCUT2D eigenvalue weighted by Crippen LogP contribution is -2.25. The van der Waals surface area contributed by atoms with Crippen LogP contribution in [-0.4, -0.2) is 15.8 Å². The minimum Gasteiger partial charge on any atom is -0.380 e. The first-order valence-corrected chi connectivity index (χ1v) is 7.44. The van der Waals surface area contributed by atoms with Crippen molar-refractivity contribution in [2.24, 2.45) is 0 Å². The predicted octanol–water partition coefficient (Wildman–Crippen LogP) is 3.52. The summed E-state index contributed by atoms with van der Waals surface area (Å²) in [6.45, 7) is 0. The average molecular weight is 326 g/mol. The summed E-state index contributed by atoms with van der Waals surface area (Å²) in [4.78, 5) is 12.3. The van der Waals surface area contributed by atoms with E-state index in [9.17, 15) is 13.6 Å². The van der Waals surface area contributed by atoms with Crippen molar-refractivity contribution in [2.45, 2.75) is 31.7 Å². The summed E-state index contributed by atoms with van der Waals surface area (Å²) in [5.41, 5.74) is -0.340. The second-order valence-corrected chi connectivity index (χ2v) is 5.69. The van der Waals surface area contributed by atoms with Crippen LogP contribution in [-0.2, 0) is 0 Å². The minimum absolute atomic E-state index is 0.0503. The molecule has 0 saturated heterocycles. The molecule has 22 heavy (non-hydrogen) atoms. The van der Waals surface area contributed by atoms with Gasteiger partial charge in [-0.2, -0.15) is 9.78 Å². The molecule has 0 radical (unpaired) electrons. The Labute approximate surface area is 130 Å². The van der Waals surface area contributed by atoms with E-state index in [1.165, 1.54) is 6.20 Å². The largest absolute Gasteiger partial charge is 0.380 e. The van der Waals surface area contributed by atoms with Gasteiger partial charge in [0.05, 0.1) is 11.9 Å². The van der Waals surface area contributed by atoms with Crippen LogP contribution in [0.2, 0.25) is 5.02 Å². The molecule has 0 amide bonds. The van der Waals surface area contributed by atoms with E-state index in [0.29, 0.717) is 11.8 Å². The summed E-state index contributed by atoms with van der Waals surface area (Å²) in [5, 5.41) is 7.08. The Morgan fingerprint density at radius 2 is 2.00 bits per heavy atom. The molecule has 1 aromatic heterocycles. The third-order valence-corrected chi connectivity index (χ3v) is 4.14. The lowest BCUT2D eigenvalue weighted by molar-refractivity contribution is 0.570. The Bertz CT molecular complexity index is 757. The minimum atomic E-state index is -0.873. The summed E-state index contributed by atoms with van der Waals surface area (Å²) >= 11 is 6.08. The van der Waals surface area contributed by atoms with Gasteiger partial charge in [-0.3, -0.25) is 4.79 Å². The van der Waals surface area contributed by atoms with Gasteiger partial charge in [-0.25, -0.2) is 8.78 Å². The Morgan fingerprint density at radius 1 is 1.27 bits per heavy atom. The van der Waals surface area contributed by atoms with Crippen LogP contribution in [0.3, 0.4) is 0 Å². The van der Waals surface area contributed by atoms with Crippen LogP contribution >= 0.6 is 11.6 Å².